The molecule has 0 aliphatic heterocycles. The molecule has 1 heterocycles. The van der Waals surface area contributed by atoms with Crippen LogP contribution >= 0.6 is 0 Å². The van der Waals surface area contributed by atoms with Crippen LogP contribution in [-0.4, -0.2) is 15.8 Å². The fourth-order valence-corrected chi connectivity index (χ4v) is 2.10. The summed E-state index contributed by atoms with van der Waals surface area (Å²) in [5, 5.41) is 7.95. The van der Waals surface area contributed by atoms with Crippen molar-refractivity contribution in [2.45, 2.75) is 52.2 Å². The van der Waals surface area contributed by atoms with Crippen LogP contribution in [0.3, 0.4) is 0 Å². The molecule has 1 N–H and O–H groups in total. The lowest BCUT2D eigenvalue weighted by Gasteiger charge is -2.11. The number of hydrogen-bond donors (Lipinski definition) is 1. The molecule has 1 fully saturated rings. The van der Waals surface area contributed by atoms with Crippen molar-refractivity contribution in [2.24, 2.45) is 5.92 Å². The summed E-state index contributed by atoms with van der Waals surface area (Å²) < 4.78 is 1.98. The first kappa shape index (κ1) is 10.7. The van der Waals surface area contributed by atoms with Crippen LogP contribution in [0, 0.1) is 5.92 Å². The molecule has 2 rings (SSSR count). The second-order valence-electron chi connectivity index (χ2n) is 4.53. The second kappa shape index (κ2) is 4.35. The molecule has 1 aliphatic rings. The van der Waals surface area contributed by atoms with Gasteiger partial charge in [-0.2, -0.15) is 5.10 Å². The summed E-state index contributed by atoms with van der Waals surface area (Å²) in [6.07, 6.45) is 6.77. The molecule has 3 atom stereocenters. The van der Waals surface area contributed by atoms with Gasteiger partial charge in [0.05, 0.1) is 6.20 Å². The molecule has 3 unspecified atom stereocenters. The van der Waals surface area contributed by atoms with E-state index in [1.165, 1.54) is 18.4 Å². The summed E-state index contributed by atoms with van der Waals surface area (Å²) in [6.45, 7) is 7.56. The van der Waals surface area contributed by atoms with Gasteiger partial charge < -0.3 is 5.32 Å². The number of aryl methyl sites for hydroxylation is 1. The predicted molar refractivity (Wildman–Crippen MR) is 61.6 cm³/mol. The van der Waals surface area contributed by atoms with Crippen molar-refractivity contribution in [3.05, 3.63) is 18.0 Å². The van der Waals surface area contributed by atoms with Gasteiger partial charge in [-0.3, -0.25) is 4.68 Å². The summed E-state index contributed by atoms with van der Waals surface area (Å²) in [5.74, 6) is 0.911. The SMILES string of the molecule is CCC1CC1NC(C)c1cnn(CC)c1. The Kier molecular flexibility index (Phi) is 3.10. The minimum atomic E-state index is 0.437. The van der Waals surface area contributed by atoms with E-state index in [-0.39, 0.29) is 0 Å². The van der Waals surface area contributed by atoms with E-state index in [4.69, 9.17) is 0 Å². The van der Waals surface area contributed by atoms with Gasteiger partial charge in [0, 0.05) is 30.4 Å². The first-order valence-corrected chi connectivity index (χ1v) is 6.03. The zero-order valence-corrected chi connectivity index (χ0v) is 9.90. The Morgan fingerprint density at radius 1 is 1.60 bits per heavy atom. The Balaban J connectivity index is 1.88. The van der Waals surface area contributed by atoms with Crippen LogP contribution in [0.15, 0.2) is 12.4 Å². The Hall–Kier alpha value is -0.830. The smallest absolute Gasteiger partial charge is 0.0537 e. The molecule has 84 valence electrons. The Bertz CT molecular complexity index is 318. The van der Waals surface area contributed by atoms with Crippen molar-refractivity contribution >= 4 is 0 Å². The van der Waals surface area contributed by atoms with Crippen LogP contribution in [0.5, 0.6) is 0 Å². The van der Waals surface area contributed by atoms with Crippen LogP contribution < -0.4 is 5.32 Å². The average molecular weight is 207 g/mol. The number of hydrogen-bond acceptors (Lipinski definition) is 2. The maximum atomic E-state index is 4.30. The highest BCUT2D eigenvalue weighted by molar-refractivity contribution is 5.11. The third-order valence-electron chi connectivity index (χ3n) is 3.39. The van der Waals surface area contributed by atoms with Crippen molar-refractivity contribution in [1.82, 2.24) is 15.1 Å². The van der Waals surface area contributed by atoms with Gasteiger partial charge in [0.25, 0.3) is 0 Å². The molecular weight excluding hydrogens is 186 g/mol. The molecule has 3 heteroatoms. The lowest BCUT2D eigenvalue weighted by molar-refractivity contribution is 0.538. The molecule has 15 heavy (non-hydrogen) atoms. The molecule has 0 amide bonds. The van der Waals surface area contributed by atoms with Gasteiger partial charge in [0.1, 0.15) is 0 Å². The molecule has 1 aromatic heterocycles. The topological polar surface area (TPSA) is 29.9 Å². The number of nitrogens with one attached hydrogen (secondary N) is 1. The van der Waals surface area contributed by atoms with Crippen LogP contribution in [0.25, 0.3) is 0 Å². The second-order valence-corrected chi connectivity index (χ2v) is 4.53. The van der Waals surface area contributed by atoms with Gasteiger partial charge in [0.15, 0.2) is 0 Å². The highest BCUT2D eigenvalue weighted by Crippen LogP contribution is 2.34. The van der Waals surface area contributed by atoms with Crippen molar-refractivity contribution in [2.75, 3.05) is 0 Å². The van der Waals surface area contributed by atoms with E-state index in [0.717, 1.165) is 18.5 Å². The van der Waals surface area contributed by atoms with Crippen molar-refractivity contribution in [1.29, 1.82) is 0 Å². The molecule has 0 saturated heterocycles. The molecular formula is C12H21N3. The number of nitrogens with zero attached hydrogens (tertiary/aromatic N) is 2. The molecule has 0 spiro atoms. The molecule has 0 aromatic carbocycles. The third-order valence-corrected chi connectivity index (χ3v) is 3.39. The van der Waals surface area contributed by atoms with Crippen molar-refractivity contribution < 1.29 is 0 Å². The minimum Gasteiger partial charge on any atom is -0.307 e. The average Bonchev–Trinajstić information content (AvgIpc) is 2.81. The third kappa shape index (κ3) is 2.40. The van der Waals surface area contributed by atoms with Gasteiger partial charge in [-0.05, 0) is 26.2 Å². The number of aromatic nitrogens is 2. The lowest BCUT2D eigenvalue weighted by atomic mass is 10.2. The van der Waals surface area contributed by atoms with Crippen LogP contribution in [-0.2, 0) is 6.54 Å². The van der Waals surface area contributed by atoms with Gasteiger partial charge in [-0.25, -0.2) is 0 Å². The zero-order chi connectivity index (χ0) is 10.8. The molecule has 0 bridgehead atoms. The highest BCUT2D eigenvalue weighted by Gasteiger charge is 2.35. The Morgan fingerprint density at radius 3 is 2.93 bits per heavy atom. The van der Waals surface area contributed by atoms with Crippen LogP contribution in [0.1, 0.15) is 45.2 Å². The molecule has 3 nitrogen and oxygen atoms in total. The molecule has 1 aliphatic carbocycles. The Morgan fingerprint density at radius 2 is 2.40 bits per heavy atom. The van der Waals surface area contributed by atoms with E-state index in [1.807, 2.05) is 10.9 Å². The first-order valence-electron chi connectivity index (χ1n) is 6.03. The van der Waals surface area contributed by atoms with E-state index >= 15 is 0 Å². The van der Waals surface area contributed by atoms with Gasteiger partial charge in [-0.1, -0.05) is 13.3 Å². The normalized spacial score (nSPS) is 26.6. The molecule has 1 aromatic rings. The fourth-order valence-electron chi connectivity index (χ4n) is 2.10. The van der Waals surface area contributed by atoms with E-state index in [0.29, 0.717) is 6.04 Å². The zero-order valence-electron chi connectivity index (χ0n) is 9.90. The summed E-state index contributed by atoms with van der Waals surface area (Å²) in [7, 11) is 0. The monoisotopic (exact) mass is 207 g/mol. The summed E-state index contributed by atoms with van der Waals surface area (Å²) >= 11 is 0. The Labute approximate surface area is 91.9 Å². The van der Waals surface area contributed by atoms with Crippen molar-refractivity contribution in [3.63, 3.8) is 0 Å². The standard InChI is InChI=1S/C12H21N3/c1-4-10-6-12(10)14-9(3)11-7-13-15(5-2)8-11/h7-10,12,14H,4-6H2,1-3H3. The largest absolute Gasteiger partial charge is 0.307 e. The minimum absolute atomic E-state index is 0.437. The van der Waals surface area contributed by atoms with Crippen LogP contribution in [0.2, 0.25) is 0 Å². The first-order chi connectivity index (χ1) is 7.24. The van der Waals surface area contributed by atoms with Gasteiger partial charge in [0.2, 0.25) is 0 Å². The van der Waals surface area contributed by atoms with Crippen molar-refractivity contribution in [3.8, 4) is 0 Å². The maximum Gasteiger partial charge on any atom is 0.0537 e. The quantitative estimate of drug-likeness (QED) is 0.803. The van der Waals surface area contributed by atoms with Crippen LogP contribution in [0.4, 0.5) is 0 Å². The fraction of sp³-hybridized carbons (Fsp3) is 0.750. The number of rotatable bonds is 5. The summed E-state index contributed by atoms with van der Waals surface area (Å²) in [5.41, 5.74) is 1.30. The van der Waals surface area contributed by atoms with Gasteiger partial charge >= 0.3 is 0 Å². The lowest BCUT2D eigenvalue weighted by Crippen LogP contribution is -2.22. The van der Waals surface area contributed by atoms with E-state index in [9.17, 15) is 0 Å². The molecule has 0 radical (unpaired) electrons. The maximum absolute atomic E-state index is 4.30. The predicted octanol–water partition coefficient (Wildman–Crippen LogP) is 2.35. The highest BCUT2D eigenvalue weighted by atomic mass is 15.3. The van der Waals surface area contributed by atoms with E-state index < -0.39 is 0 Å². The van der Waals surface area contributed by atoms with Gasteiger partial charge in [-0.15, -0.1) is 0 Å². The molecule has 1 saturated carbocycles. The summed E-state index contributed by atoms with van der Waals surface area (Å²) in [4.78, 5) is 0. The van der Waals surface area contributed by atoms with E-state index in [2.05, 4.69) is 37.4 Å². The van der Waals surface area contributed by atoms with E-state index in [1.54, 1.807) is 0 Å². The summed E-state index contributed by atoms with van der Waals surface area (Å²) in [6, 6.07) is 1.18.